The Morgan fingerprint density at radius 2 is 2.00 bits per heavy atom. The number of amides is 2. The first-order valence-electron chi connectivity index (χ1n) is 7.18. The van der Waals surface area contributed by atoms with Crippen molar-refractivity contribution in [3.8, 4) is 0 Å². The third kappa shape index (κ3) is 4.98. The van der Waals surface area contributed by atoms with Gasteiger partial charge >= 0.3 is 0 Å². The molecule has 0 atom stereocenters. The molecule has 0 bridgehead atoms. The van der Waals surface area contributed by atoms with Gasteiger partial charge in [0.15, 0.2) is 0 Å². The van der Waals surface area contributed by atoms with Crippen molar-refractivity contribution in [2.75, 3.05) is 44.7 Å². The predicted molar refractivity (Wildman–Crippen MR) is 85.1 cm³/mol. The highest BCUT2D eigenvalue weighted by atomic mass is 35.5. The molecule has 1 heterocycles. The summed E-state index contributed by atoms with van der Waals surface area (Å²) in [5.74, 6) is -0.444. The molecule has 2 amide bonds. The van der Waals surface area contributed by atoms with Crippen LogP contribution in [0.1, 0.15) is 5.56 Å². The number of rotatable bonds is 5. The van der Waals surface area contributed by atoms with Crippen LogP contribution in [0.3, 0.4) is 0 Å². The number of nitrogens with one attached hydrogen (secondary N) is 2. The number of anilines is 1. The van der Waals surface area contributed by atoms with Crippen LogP contribution in [-0.2, 0) is 14.3 Å². The van der Waals surface area contributed by atoms with E-state index in [0.29, 0.717) is 23.9 Å². The summed E-state index contributed by atoms with van der Waals surface area (Å²) in [7, 11) is 0. The lowest BCUT2D eigenvalue weighted by Crippen LogP contribution is -2.44. The molecule has 0 aromatic heterocycles. The number of carbonyl (C=O) groups is 2. The molecule has 2 N–H and O–H groups in total. The number of halogens is 1. The van der Waals surface area contributed by atoms with Crippen molar-refractivity contribution in [1.29, 1.82) is 0 Å². The first-order chi connectivity index (χ1) is 10.6. The van der Waals surface area contributed by atoms with Gasteiger partial charge in [-0.05, 0) is 24.6 Å². The fraction of sp³-hybridized carbons (Fsp3) is 0.467. The fourth-order valence-corrected chi connectivity index (χ4v) is 2.31. The van der Waals surface area contributed by atoms with Crippen LogP contribution in [0.5, 0.6) is 0 Å². The third-order valence-corrected chi connectivity index (χ3v) is 3.87. The smallest absolute Gasteiger partial charge is 0.243 e. The van der Waals surface area contributed by atoms with E-state index in [9.17, 15) is 9.59 Å². The van der Waals surface area contributed by atoms with Gasteiger partial charge in [0.25, 0.3) is 0 Å². The standard InChI is InChI=1S/C15H20ClN3O3/c1-11-12(16)3-2-4-13(11)18-14(20)9-17-15(21)10-19-5-7-22-8-6-19/h2-4H,5-10H2,1H3,(H,17,21)(H,18,20). The highest BCUT2D eigenvalue weighted by molar-refractivity contribution is 6.31. The summed E-state index contributed by atoms with van der Waals surface area (Å²) >= 11 is 6.00. The van der Waals surface area contributed by atoms with E-state index < -0.39 is 0 Å². The van der Waals surface area contributed by atoms with Gasteiger partial charge in [0.2, 0.25) is 11.8 Å². The third-order valence-electron chi connectivity index (χ3n) is 3.46. The van der Waals surface area contributed by atoms with Gasteiger partial charge in [0.1, 0.15) is 0 Å². The molecule has 0 saturated carbocycles. The fourth-order valence-electron chi connectivity index (χ4n) is 2.13. The zero-order valence-corrected chi connectivity index (χ0v) is 13.3. The molecule has 1 aliphatic rings. The van der Waals surface area contributed by atoms with Crippen molar-refractivity contribution < 1.29 is 14.3 Å². The highest BCUT2D eigenvalue weighted by Crippen LogP contribution is 2.22. The van der Waals surface area contributed by atoms with Gasteiger partial charge in [0, 0.05) is 23.8 Å². The molecule has 0 radical (unpaired) electrons. The molecular weight excluding hydrogens is 306 g/mol. The van der Waals surface area contributed by atoms with E-state index in [1.807, 2.05) is 11.8 Å². The summed E-state index contributed by atoms with van der Waals surface area (Å²) in [4.78, 5) is 25.7. The van der Waals surface area contributed by atoms with Gasteiger partial charge in [-0.15, -0.1) is 0 Å². The maximum absolute atomic E-state index is 11.9. The van der Waals surface area contributed by atoms with Crippen molar-refractivity contribution >= 4 is 29.1 Å². The maximum atomic E-state index is 11.9. The first-order valence-corrected chi connectivity index (χ1v) is 7.56. The van der Waals surface area contributed by atoms with E-state index in [0.717, 1.165) is 18.7 Å². The minimum atomic E-state index is -0.277. The van der Waals surface area contributed by atoms with E-state index in [2.05, 4.69) is 10.6 Å². The van der Waals surface area contributed by atoms with Crippen LogP contribution in [0.2, 0.25) is 5.02 Å². The molecule has 1 aliphatic heterocycles. The zero-order valence-electron chi connectivity index (χ0n) is 12.5. The summed E-state index contributed by atoms with van der Waals surface area (Å²) in [6.45, 7) is 4.81. The second kappa shape index (κ2) is 8.12. The van der Waals surface area contributed by atoms with Crippen molar-refractivity contribution in [3.05, 3.63) is 28.8 Å². The molecule has 120 valence electrons. The lowest BCUT2D eigenvalue weighted by atomic mass is 10.2. The normalized spacial score (nSPS) is 15.4. The number of nitrogens with zero attached hydrogens (tertiary/aromatic N) is 1. The summed E-state index contributed by atoms with van der Waals surface area (Å²) in [5.41, 5.74) is 1.46. The molecule has 1 fully saturated rings. The summed E-state index contributed by atoms with van der Waals surface area (Å²) in [6, 6.07) is 5.30. The molecule has 1 aromatic rings. The molecule has 0 unspecified atom stereocenters. The zero-order chi connectivity index (χ0) is 15.9. The van der Waals surface area contributed by atoms with Gasteiger partial charge in [-0.3, -0.25) is 14.5 Å². The SMILES string of the molecule is Cc1c(Cl)cccc1NC(=O)CNC(=O)CN1CCOCC1. The van der Waals surface area contributed by atoms with E-state index in [1.54, 1.807) is 18.2 Å². The largest absolute Gasteiger partial charge is 0.379 e. The van der Waals surface area contributed by atoms with E-state index in [4.69, 9.17) is 16.3 Å². The number of benzene rings is 1. The molecule has 0 aliphatic carbocycles. The molecule has 1 aromatic carbocycles. The molecule has 2 rings (SSSR count). The van der Waals surface area contributed by atoms with Crippen LogP contribution >= 0.6 is 11.6 Å². The Morgan fingerprint density at radius 1 is 1.27 bits per heavy atom. The molecule has 22 heavy (non-hydrogen) atoms. The summed E-state index contributed by atoms with van der Waals surface area (Å²) < 4.78 is 5.22. The van der Waals surface area contributed by atoms with Crippen molar-refractivity contribution in [2.45, 2.75) is 6.92 Å². The molecular formula is C15H20ClN3O3. The Kier molecular flexibility index (Phi) is 6.18. The monoisotopic (exact) mass is 325 g/mol. The Hall–Kier alpha value is -1.63. The van der Waals surface area contributed by atoms with Gasteiger partial charge in [-0.25, -0.2) is 0 Å². The number of hydrogen-bond acceptors (Lipinski definition) is 4. The van der Waals surface area contributed by atoms with Crippen molar-refractivity contribution in [3.63, 3.8) is 0 Å². The Morgan fingerprint density at radius 3 is 2.73 bits per heavy atom. The summed E-state index contributed by atoms with van der Waals surface area (Å²) in [6.07, 6.45) is 0. The van der Waals surface area contributed by atoms with Crippen LogP contribution in [0.25, 0.3) is 0 Å². The van der Waals surface area contributed by atoms with E-state index in [-0.39, 0.29) is 24.9 Å². The second-order valence-electron chi connectivity index (χ2n) is 5.13. The van der Waals surface area contributed by atoms with E-state index >= 15 is 0 Å². The van der Waals surface area contributed by atoms with Crippen LogP contribution in [0.15, 0.2) is 18.2 Å². The maximum Gasteiger partial charge on any atom is 0.243 e. The minimum absolute atomic E-state index is 0.0604. The van der Waals surface area contributed by atoms with Gasteiger partial charge in [-0.2, -0.15) is 0 Å². The van der Waals surface area contributed by atoms with Crippen molar-refractivity contribution in [2.24, 2.45) is 0 Å². The second-order valence-corrected chi connectivity index (χ2v) is 5.53. The first kappa shape index (κ1) is 16.7. The van der Waals surface area contributed by atoms with Gasteiger partial charge in [-0.1, -0.05) is 17.7 Å². The van der Waals surface area contributed by atoms with Crippen LogP contribution in [0, 0.1) is 6.92 Å². The average Bonchev–Trinajstić information content (AvgIpc) is 2.51. The lowest BCUT2D eigenvalue weighted by molar-refractivity contribution is -0.125. The molecule has 0 spiro atoms. The number of hydrogen-bond donors (Lipinski definition) is 2. The lowest BCUT2D eigenvalue weighted by Gasteiger charge is -2.25. The average molecular weight is 326 g/mol. The van der Waals surface area contributed by atoms with Crippen LogP contribution in [-0.4, -0.2) is 56.1 Å². The Balaban J connectivity index is 1.75. The Labute approximate surface area is 134 Å². The van der Waals surface area contributed by atoms with Gasteiger partial charge in [0.05, 0.1) is 26.3 Å². The predicted octanol–water partition coefficient (Wildman–Crippen LogP) is 1.04. The molecule has 7 heteroatoms. The summed E-state index contributed by atoms with van der Waals surface area (Å²) in [5, 5.41) is 5.95. The van der Waals surface area contributed by atoms with Crippen LogP contribution < -0.4 is 10.6 Å². The molecule has 6 nitrogen and oxygen atoms in total. The number of morpholine rings is 1. The molecule has 1 saturated heterocycles. The van der Waals surface area contributed by atoms with Gasteiger partial charge < -0.3 is 15.4 Å². The number of carbonyl (C=O) groups excluding carboxylic acids is 2. The Bertz CT molecular complexity index is 545. The number of ether oxygens (including phenoxy) is 1. The topological polar surface area (TPSA) is 70.7 Å². The highest BCUT2D eigenvalue weighted by Gasteiger charge is 2.14. The van der Waals surface area contributed by atoms with Crippen LogP contribution in [0.4, 0.5) is 5.69 Å². The van der Waals surface area contributed by atoms with E-state index in [1.165, 1.54) is 0 Å². The quantitative estimate of drug-likeness (QED) is 0.848. The van der Waals surface area contributed by atoms with Crippen molar-refractivity contribution in [1.82, 2.24) is 10.2 Å². The minimum Gasteiger partial charge on any atom is -0.379 e.